The van der Waals surface area contributed by atoms with Gasteiger partial charge in [-0.15, -0.1) is 0 Å². The quantitative estimate of drug-likeness (QED) is 0.694. The first-order valence-electron chi connectivity index (χ1n) is 5.13. The zero-order valence-electron chi connectivity index (χ0n) is 8.73. The normalized spacial score (nSPS) is 27.4. The van der Waals surface area contributed by atoms with Gasteiger partial charge in [0.05, 0.1) is 12.2 Å². The highest BCUT2D eigenvalue weighted by molar-refractivity contribution is 5.60. The molecular weight excluding hydrogens is 184 g/mol. The minimum Gasteiger partial charge on any atom is -0.432 e. The summed E-state index contributed by atoms with van der Waals surface area (Å²) in [6, 6.07) is 0. The highest BCUT2D eigenvalue weighted by Gasteiger charge is 2.24. The van der Waals surface area contributed by atoms with Crippen LogP contribution in [-0.4, -0.2) is 29.6 Å². The van der Waals surface area contributed by atoms with Crippen LogP contribution in [0.1, 0.15) is 39.5 Å². The Labute approximate surface area is 84.2 Å². The van der Waals surface area contributed by atoms with Crippen LogP contribution in [0, 0.1) is 0 Å². The fraction of sp³-hybridized carbons (Fsp3) is 0.900. The van der Waals surface area contributed by atoms with Gasteiger partial charge in [-0.2, -0.15) is 0 Å². The second-order valence-corrected chi connectivity index (χ2v) is 3.98. The van der Waals surface area contributed by atoms with Crippen LogP contribution in [-0.2, 0) is 9.47 Å². The Kier molecular flexibility index (Phi) is 4.20. The summed E-state index contributed by atoms with van der Waals surface area (Å²) in [5.74, 6) is 0. The summed E-state index contributed by atoms with van der Waals surface area (Å²) in [7, 11) is 0. The molecule has 2 atom stereocenters. The molecule has 0 bridgehead atoms. The van der Waals surface area contributed by atoms with Crippen molar-refractivity contribution in [1.82, 2.24) is 0 Å². The van der Waals surface area contributed by atoms with E-state index >= 15 is 0 Å². The number of carbonyl (C=O) groups excluding carboxylic acids is 1. The molecule has 1 rings (SSSR count). The van der Waals surface area contributed by atoms with E-state index in [1.54, 1.807) is 13.8 Å². The first-order valence-corrected chi connectivity index (χ1v) is 5.13. The van der Waals surface area contributed by atoms with Gasteiger partial charge in [-0.05, 0) is 33.1 Å². The third-order valence-corrected chi connectivity index (χ3v) is 2.19. The van der Waals surface area contributed by atoms with E-state index in [0.717, 1.165) is 19.3 Å². The lowest BCUT2D eigenvalue weighted by Crippen LogP contribution is -2.29. The molecule has 4 nitrogen and oxygen atoms in total. The van der Waals surface area contributed by atoms with Crippen LogP contribution in [0.4, 0.5) is 4.79 Å². The predicted octanol–water partition coefficient (Wildman–Crippen LogP) is 1.85. The summed E-state index contributed by atoms with van der Waals surface area (Å²) in [5.41, 5.74) is 0. The van der Waals surface area contributed by atoms with Crippen molar-refractivity contribution in [2.75, 3.05) is 0 Å². The lowest BCUT2D eigenvalue weighted by Gasteiger charge is -2.25. The maximum atomic E-state index is 11.1. The fourth-order valence-electron chi connectivity index (χ4n) is 1.58. The molecule has 1 N–H and O–H groups in total. The van der Waals surface area contributed by atoms with E-state index in [1.165, 1.54) is 0 Å². The highest BCUT2D eigenvalue weighted by atomic mass is 16.7. The van der Waals surface area contributed by atoms with Crippen molar-refractivity contribution in [2.24, 2.45) is 0 Å². The molecule has 1 saturated carbocycles. The Morgan fingerprint density at radius 2 is 2.14 bits per heavy atom. The van der Waals surface area contributed by atoms with Gasteiger partial charge < -0.3 is 14.6 Å². The average molecular weight is 202 g/mol. The van der Waals surface area contributed by atoms with Crippen LogP contribution < -0.4 is 0 Å². The molecule has 1 aliphatic carbocycles. The number of rotatable bonds is 2. The molecule has 14 heavy (non-hydrogen) atoms. The summed E-state index contributed by atoms with van der Waals surface area (Å²) in [5, 5.41) is 9.34. The zero-order chi connectivity index (χ0) is 10.6. The fourth-order valence-corrected chi connectivity index (χ4v) is 1.58. The van der Waals surface area contributed by atoms with Crippen molar-refractivity contribution in [3.63, 3.8) is 0 Å². The molecule has 82 valence electrons. The van der Waals surface area contributed by atoms with Crippen molar-refractivity contribution >= 4 is 6.16 Å². The standard InChI is InChI=1S/C10H18O4/c1-7(2)13-10(12)14-9-5-3-4-8(11)6-9/h7-9,11H,3-6H2,1-2H3/t8-,9+/m0/s1. The van der Waals surface area contributed by atoms with Crippen LogP contribution in [0.25, 0.3) is 0 Å². The lowest BCUT2D eigenvalue weighted by atomic mass is 9.95. The lowest BCUT2D eigenvalue weighted by molar-refractivity contribution is -0.0239. The molecule has 0 aromatic heterocycles. The van der Waals surface area contributed by atoms with Crippen molar-refractivity contribution < 1.29 is 19.4 Å². The van der Waals surface area contributed by atoms with Gasteiger partial charge in [-0.3, -0.25) is 0 Å². The van der Waals surface area contributed by atoms with Gasteiger partial charge in [0.25, 0.3) is 0 Å². The van der Waals surface area contributed by atoms with Gasteiger partial charge >= 0.3 is 6.16 Å². The molecule has 0 amide bonds. The third-order valence-electron chi connectivity index (χ3n) is 2.19. The van der Waals surface area contributed by atoms with Gasteiger partial charge in [-0.25, -0.2) is 4.79 Å². The van der Waals surface area contributed by atoms with Crippen molar-refractivity contribution in [1.29, 1.82) is 0 Å². The summed E-state index contributed by atoms with van der Waals surface area (Å²) >= 11 is 0. The van der Waals surface area contributed by atoms with E-state index in [4.69, 9.17) is 9.47 Å². The Hall–Kier alpha value is -0.770. The van der Waals surface area contributed by atoms with Gasteiger partial charge in [0.2, 0.25) is 0 Å². The summed E-state index contributed by atoms with van der Waals surface area (Å²) in [6.07, 6.45) is 1.78. The largest absolute Gasteiger partial charge is 0.508 e. The Morgan fingerprint density at radius 3 is 2.71 bits per heavy atom. The van der Waals surface area contributed by atoms with Crippen molar-refractivity contribution in [3.8, 4) is 0 Å². The Bertz CT molecular complexity index is 191. The zero-order valence-corrected chi connectivity index (χ0v) is 8.73. The molecule has 0 spiro atoms. The van der Waals surface area contributed by atoms with E-state index in [1.807, 2.05) is 0 Å². The van der Waals surface area contributed by atoms with Crippen LogP contribution >= 0.6 is 0 Å². The number of aliphatic hydroxyl groups excluding tert-OH is 1. The molecule has 0 saturated heterocycles. The topological polar surface area (TPSA) is 55.8 Å². The van der Waals surface area contributed by atoms with Crippen LogP contribution in [0.15, 0.2) is 0 Å². The number of hydrogen-bond donors (Lipinski definition) is 1. The molecule has 0 radical (unpaired) electrons. The van der Waals surface area contributed by atoms with Gasteiger partial charge in [0, 0.05) is 6.42 Å². The number of aliphatic hydroxyl groups is 1. The second kappa shape index (κ2) is 5.20. The second-order valence-electron chi connectivity index (χ2n) is 3.98. The van der Waals surface area contributed by atoms with Gasteiger partial charge in [0.15, 0.2) is 0 Å². The van der Waals surface area contributed by atoms with Gasteiger partial charge in [0.1, 0.15) is 6.10 Å². The first-order chi connectivity index (χ1) is 6.58. The van der Waals surface area contributed by atoms with Crippen molar-refractivity contribution in [2.45, 2.75) is 57.8 Å². The first kappa shape index (κ1) is 11.3. The number of hydrogen-bond acceptors (Lipinski definition) is 4. The monoisotopic (exact) mass is 202 g/mol. The van der Waals surface area contributed by atoms with Gasteiger partial charge in [-0.1, -0.05) is 0 Å². The predicted molar refractivity (Wildman–Crippen MR) is 51.0 cm³/mol. The van der Waals surface area contributed by atoms with E-state index in [-0.39, 0.29) is 18.3 Å². The molecule has 0 aromatic carbocycles. The van der Waals surface area contributed by atoms with Crippen LogP contribution in [0.3, 0.4) is 0 Å². The van der Waals surface area contributed by atoms with E-state index in [9.17, 15) is 9.90 Å². The third kappa shape index (κ3) is 3.96. The summed E-state index contributed by atoms with van der Waals surface area (Å²) in [4.78, 5) is 11.1. The molecule has 0 aliphatic heterocycles. The highest BCUT2D eigenvalue weighted by Crippen LogP contribution is 2.21. The Balaban J connectivity index is 2.25. The van der Waals surface area contributed by atoms with Crippen LogP contribution in [0.5, 0.6) is 0 Å². The number of ether oxygens (including phenoxy) is 2. The molecule has 1 fully saturated rings. The maximum absolute atomic E-state index is 11.1. The maximum Gasteiger partial charge on any atom is 0.508 e. The van der Waals surface area contributed by atoms with E-state index in [2.05, 4.69) is 0 Å². The van der Waals surface area contributed by atoms with E-state index in [0.29, 0.717) is 6.42 Å². The minimum absolute atomic E-state index is 0.156. The average Bonchev–Trinajstić information content (AvgIpc) is 2.01. The molecule has 0 aromatic rings. The van der Waals surface area contributed by atoms with E-state index < -0.39 is 6.16 Å². The number of carbonyl (C=O) groups is 1. The minimum atomic E-state index is -0.626. The summed E-state index contributed by atoms with van der Waals surface area (Å²) < 4.78 is 9.90. The van der Waals surface area contributed by atoms with Crippen LogP contribution in [0.2, 0.25) is 0 Å². The molecular formula is C10H18O4. The molecule has 1 aliphatic rings. The Morgan fingerprint density at radius 1 is 1.43 bits per heavy atom. The summed E-state index contributed by atoms with van der Waals surface area (Å²) in [6.45, 7) is 3.55. The molecule has 0 unspecified atom stereocenters. The SMILES string of the molecule is CC(C)OC(=O)O[C@@H]1CCC[C@H](O)C1. The smallest absolute Gasteiger partial charge is 0.432 e. The van der Waals surface area contributed by atoms with Crippen molar-refractivity contribution in [3.05, 3.63) is 0 Å². The molecule has 4 heteroatoms. The molecule has 0 heterocycles.